The maximum Gasteiger partial charge on any atom is 0.306 e. The third-order valence-corrected chi connectivity index (χ3v) is 11.7. The minimum Gasteiger partial charge on any atom is -0.461 e. The van der Waals surface area contributed by atoms with E-state index in [-0.39, 0.29) is 24.9 Å². The Balaban J connectivity index is 4.65. The molecule has 0 bridgehead atoms. The number of hydrogen-bond acceptors (Lipinski definition) is 5. The fourth-order valence-corrected chi connectivity index (χ4v) is 7.70. The van der Waals surface area contributed by atoms with Crippen LogP contribution in [0.2, 0.25) is 0 Å². The van der Waals surface area contributed by atoms with Crippen molar-refractivity contribution in [1.29, 1.82) is 0 Å². The highest BCUT2D eigenvalue weighted by Gasteiger charge is 2.23. The lowest BCUT2D eigenvalue weighted by Crippen LogP contribution is -2.46. The molecule has 350 valence electrons. The van der Waals surface area contributed by atoms with Crippen LogP contribution in [0.15, 0.2) is 48.6 Å². The minimum atomic E-state index is -0.808. The van der Waals surface area contributed by atoms with Crippen LogP contribution in [-0.4, -0.2) is 46.9 Å². The van der Waals surface area contributed by atoms with Crippen LogP contribution in [0.1, 0.15) is 258 Å². The SMILES string of the molecule is CCCCC/C=C\C/C=C\C/C=C\C/C=C\CC(CC(=O)NC(CO)C(O)CCCCCCCCCCC)OC(=O)CCCCCCCCCCCCCCCCCCC. The molecule has 3 N–H and O–H groups in total. The summed E-state index contributed by atoms with van der Waals surface area (Å²) in [6, 6.07) is -0.727. The average molecular weight is 842 g/mol. The summed E-state index contributed by atoms with van der Waals surface area (Å²) < 4.78 is 5.87. The van der Waals surface area contributed by atoms with Gasteiger partial charge >= 0.3 is 5.97 Å². The average Bonchev–Trinajstić information content (AvgIpc) is 3.24. The number of aliphatic hydroxyl groups excluding tert-OH is 2. The van der Waals surface area contributed by atoms with Crippen LogP contribution in [0, 0.1) is 0 Å². The number of carbonyl (C=O) groups excluding carboxylic acids is 2. The van der Waals surface area contributed by atoms with Gasteiger partial charge < -0.3 is 20.3 Å². The Morgan fingerprint density at radius 3 is 1.33 bits per heavy atom. The van der Waals surface area contributed by atoms with Gasteiger partial charge in [0.1, 0.15) is 6.10 Å². The highest BCUT2D eigenvalue weighted by molar-refractivity contribution is 5.77. The van der Waals surface area contributed by atoms with E-state index < -0.39 is 18.2 Å². The normalized spacial score (nSPS) is 13.6. The molecule has 3 unspecified atom stereocenters. The molecule has 0 aromatic heterocycles. The van der Waals surface area contributed by atoms with Gasteiger partial charge in [0.25, 0.3) is 0 Å². The summed E-state index contributed by atoms with van der Waals surface area (Å²) in [6.07, 6.45) is 57.7. The number of unbranched alkanes of at least 4 members (excludes halogenated alkanes) is 27. The van der Waals surface area contributed by atoms with Gasteiger partial charge in [-0.2, -0.15) is 0 Å². The number of esters is 1. The Morgan fingerprint density at radius 2 is 0.883 bits per heavy atom. The molecule has 6 nitrogen and oxygen atoms in total. The summed E-state index contributed by atoms with van der Waals surface area (Å²) in [4.78, 5) is 26.1. The van der Waals surface area contributed by atoms with Gasteiger partial charge in [0.05, 0.1) is 25.2 Å². The summed E-state index contributed by atoms with van der Waals surface area (Å²) in [5.74, 6) is -0.569. The Labute approximate surface area is 372 Å². The molecular formula is C54H99NO5. The van der Waals surface area contributed by atoms with Crippen LogP contribution in [0.3, 0.4) is 0 Å². The van der Waals surface area contributed by atoms with Crippen LogP contribution >= 0.6 is 0 Å². The van der Waals surface area contributed by atoms with Crippen molar-refractivity contribution in [2.24, 2.45) is 0 Å². The van der Waals surface area contributed by atoms with Crippen LogP contribution in [0.4, 0.5) is 0 Å². The number of ether oxygens (including phenoxy) is 1. The van der Waals surface area contributed by atoms with E-state index in [4.69, 9.17) is 4.74 Å². The van der Waals surface area contributed by atoms with E-state index in [2.05, 4.69) is 68.6 Å². The van der Waals surface area contributed by atoms with E-state index in [0.717, 1.165) is 57.8 Å². The van der Waals surface area contributed by atoms with Gasteiger partial charge in [0.15, 0.2) is 0 Å². The zero-order valence-corrected chi connectivity index (χ0v) is 39.8. The molecule has 0 spiro atoms. The maximum atomic E-state index is 13.1. The lowest BCUT2D eigenvalue weighted by atomic mass is 10.0. The van der Waals surface area contributed by atoms with Gasteiger partial charge in [-0.05, 0) is 44.9 Å². The van der Waals surface area contributed by atoms with Crippen molar-refractivity contribution in [3.05, 3.63) is 48.6 Å². The molecule has 0 aliphatic heterocycles. The molecule has 0 fully saturated rings. The first kappa shape index (κ1) is 57.8. The molecule has 0 radical (unpaired) electrons. The van der Waals surface area contributed by atoms with Crippen LogP contribution in [0.25, 0.3) is 0 Å². The molecular weight excluding hydrogens is 743 g/mol. The quantitative estimate of drug-likeness (QED) is 0.0322. The number of hydrogen-bond donors (Lipinski definition) is 3. The lowest BCUT2D eigenvalue weighted by Gasteiger charge is -2.24. The number of nitrogens with one attached hydrogen (secondary N) is 1. The van der Waals surface area contributed by atoms with Crippen molar-refractivity contribution in [2.45, 2.75) is 277 Å². The van der Waals surface area contributed by atoms with Gasteiger partial charge in [-0.15, -0.1) is 0 Å². The molecule has 1 amide bonds. The predicted molar refractivity (Wildman–Crippen MR) is 259 cm³/mol. The number of allylic oxidation sites excluding steroid dienone is 7. The zero-order valence-electron chi connectivity index (χ0n) is 39.8. The number of carbonyl (C=O) groups is 2. The molecule has 0 aromatic rings. The molecule has 0 heterocycles. The standard InChI is InChI=1S/C54H99NO5/c1-4-7-10-13-16-19-21-23-25-26-28-30-32-35-38-41-44-47-54(59)60-50(45-42-39-36-34-31-29-27-24-22-20-17-14-11-8-5-2)48-53(58)55-51(49-56)52(57)46-43-40-37-33-18-15-12-9-6-3/h17,20,24,27,31,34,39,42,50-52,56-57H,4-16,18-19,21-23,25-26,28-30,32-33,35-38,40-41,43-49H2,1-3H3,(H,55,58)/b20-17-,27-24-,34-31-,42-39-. The van der Waals surface area contributed by atoms with Gasteiger partial charge in [0, 0.05) is 12.8 Å². The Kier molecular flexibility index (Phi) is 46.1. The Morgan fingerprint density at radius 1 is 0.500 bits per heavy atom. The summed E-state index contributed by atoms with van der Waals surface area (Å²) >= 11 is 0. The zero-order chi connectivity index (χ0) is 43.8. The molecule has 0 aromatic carbocycles. The van der Waals surface area contributed by atoms with Crippen molar-refractivity contribution in [3.8, 4) is 0 Å². The van der Waals surface area contributed by atoms with Crippen LogP contribution in [-0.2, 0) is 14.3 Å². The molecule has 0 aliphatic rings. The van der Waals surface area contributed by atoms with E-state index in [1.807, 2.05) is 6.08 Å². The summed E-state index contributed by atoms with van der Waals surface area (Å²) in [7, 11) is 0. The Hall–Kier alpha value is -2.18. The van der Waals surface area contributed by atoms with Crippen molar-refractivity contribution in [3.63, 3.8) is 0 Å². The van der Waals surface area contributed by atoms with Crippen LogP contribution < -0.4 is 5.32 Å². The van der Waals surface area contributed by atoms with Crippen LogP contribution in [0.5, 0.6) is 0 Å². The fourth-order valence-electron chi connectivity index (χ4n) is 7.70. The molecule has 0 saturated carbocycles. The number of aliphatic hydroxyl groups is 2. The topological polar surface area (TPSA) is 95.9 Å². The van der Waals surface area contributed by atoms with Gasteiger partial charge in [-0.1, -0.05) is 243 Å². The van der Waals surface area contributed by atoms with Gasteiger partial charge in [-0.25, -0.2) is 0 Å². The largest absolute Gasteiger partial charge is 0.461 e. The monoisotopic (exact) mass is 842 g/mol. The minimum absolute atomic E-state index is 0.00403. The predicted octanol–water partition coefficient (Wildman–Crippen LogP) is 15.5. The van der Waals surface area contributed by atoms with E-state index in [1.165, 1.54) is 154 Å². The molecule has 0 rings (SSSR count). The summed E-state index contributed by atoms with van der Waals surface area (Å²) in [5.41, 5.74) is 0. The summed E-state index contributed by atoms with van der Waals surface area (Å²) in [5, 5.41) is 23.6. The molecule has 3 atom stereocenters. The summed E-state index contributed by atoms with van der Waals surface area (Å²) in [6.45, 7) is 6.42. The second-order valence-corrected chi connectivity index (χ2v) is 17.6. The first-order valence-corrected chi connectivity index (χ1v) is 25.9. The first-order valence-electron chi connectivity index (χ1n) is 25.9. The molecule has 0 saturated heterocycles. The van der Waals surface area contributed by atoms with E-state index >= 15 is 0 Å². The van der Waals surface area contributed by atoms with Crippen molar-refractivity contribution < 1.29 is 24.5 Å². The third-order valence-electron chi connectivity index (χ3n) is 11.7. The fraction of sp³-hybridized carbons (Fsp3) is 0.815. The highest BCUT2D eigenvalue weighted by Crippen LogP contribution is 2.17. The second kappa shape index (κ2) is 47.9. The van der Waals surface area contributed by atoms with E-state index in [9.17, 15) is 19.8 Å². The van der Waals surface area contributed by atoms with E-state index in [0.29, 0.717) is 19.3 Å². The second-order valence-electron chi connectivity index (χ2n) is 17.6. The molecule has 60 heavy (non-hydrogen) atoms. The number of rotatable bonds is 46. The van der Waals surface area contributed by atoms with Crippen molar-refractivity contribution in [1.82, 2.24) is 5.32 Å². The lowest BCUT2D eigenvalue weighted by molar-refractivity contribution is -0.150. The highest BCUT2D eigenvalue weighted by atomic mass is 16.5. The Bertz CT molecular complexity index is 1040. The third kappa shape index (κ3) is 42.5. The van der Waals surface area contributed by atoms with Gasteiger partial charge in [0.2, 0.25) is 5.91 Å². The maximum absolute atomic E-state index is 13.1. The van der Waals surface area contributed by atoms with Gasteiger partial charge in [-0.3, -0.25) is 9.59 Å². The smallest absolute Gasteiger partial charge is 0.306 e. The first-order chi connectivity index (χ1) is 29.5. The van der Waals surface area contributed by atoms with Crippen molar-refractivity contribution in [2.75, 3.05) is 6.61 Å². The molecule has 0 aliphatic carbocycles. The number of amides is 1. The molecule has 6 heteroatoms. The van der Waals surface area contributed by atoms with E-state index in [1.54, 1.807) is 0 Å². The van der Waals surface area contributed by atoms with Crippen molar-refractivity contribution >= 4 is 11.9 Å².